The van der Waals surface area contributed by atoms with Crippen molar-refractivity contribution in [3.63, 3.8) is 0 Å². The van der Waals surface area contributed by atoms with Crippen molar-refractivity contribution in [2.45, 2.75) is 14.7 Å². The average molecular weight is 321 g/mol. The molecule has 0 spiro atoms. The summed E-state index contributed by atoms with van der Waals surface area (Å²) in [4.78, 5) is 13.2. The van der Waals surface area contributed by atoms with E-state index in [-0.39, 0.29) is 4.90 Å². The van der Waals surface area contributed by atoms with Gasteiger partial charge in [-0.15, -0.1) is 3.77 Å². The number of sulfonamides is 1. The van der Waals surface area contributed by atoms with E-state index in [4.69, 9.17) is 4.74 Å². The van der Waals surface area contributed by atoms with E-state index < -0.39 is 26.7 Å². The van der Waals surface area contributed by atoms with Gasteiger partial charge in [-0.1, -0.05) is 24.3 Å². The van der Waals surface area contributed by atoms with Crippen molar-refractivity contribution in [3.05, 3.63) is 54.1 Å². The number of methoxy groups -OCH3 is 1. The molecule has 5 nitrogen and oxygen atoms in total. The molecule has 0 unspecified atom stereocenters. The lowest BCUT2D eigenvalue weighted by Gasteiger charge is -2.08. The summed E-state index contributed by atoms with van der Waals surface area (Å²) >= 11 is 0. The highest BCUT2D eigenvalue weighted by Crippen LogP contribution is 2.35. The Morgan fingerprint density at radius 2 is 1.67 bits per heavy atom. The molecule has 1 aliphatic rings. The van der Waals surface area contributed by atoms with Crippen LogP contribution in [0.4, 0.5) is 0 Å². The first kappa shape index (κ1) is 14.0. The Morgan fingerprint density at radius 1 is 1.05 bits per heavy atom. The molecular formula is C14H11NO4S2. The van der Waals surface area contributed by atoms with E-state index in [2.05, 4.69) is 3.77 Å². The van der Waals surface area contributed by atoms with Gasteiger partial charge >= 0.3 is 5.97 Å². The predicted octanol–water partition coefficient (Wildman–Crippen LogP) is 2.40. The first-order valence-corrected chi connectivity index (χ1v) is 8.65. The molecule has 0 aliphatic carbocycles. The fraction of sp³-hybridized carbons (Fsp3) is 0.0714. The zero-order chi connectivity index (χ0) is 15.0. The molecule has 108 valence electrons. The molecule has 21 heavy (non-hydrogen) atoms. The molecule has 0 saturated heterocycles. The number of esters is 1. The summed E-state index contributed by atoms with van der Waals surface area (Å²) in [6, 6.07) is 13.4. The largest absolute Gasteiger partial charge is 0.465 e. The molecule has 1 aliphatic heterocycles. The van der Waals surface area contributed by atoms with E-state index >= 15 is 0 Å². The highest BCUT2D eigenvalue weighted by atomic mass is 32.3. The Labute approximate surface area is 124 Å². The summed E-state index contributed by atoms with van der Waals surface area (Å²) in [7, 11) is -3.41. The second kappa shape index (κ2) is 5.09. The van der Waals surface area contributed by atoms with E-state index in [1.807, 2.05) is 0 Å². The van der Waals surface area contributed by atoms with Crippen LogP contribution in [-0.2, 0) is 25.5 Å². The van der Waals surface area contributed by atoms with E-state index in [0.717, 1.165) is 0 Å². The van der Waals surface area contributed by atoms with Gasteiger partial charge in [0, 0.05) is 9.79 Å². The van der Waals surface area contributed by atoms with Crippen LogP contribution in [0.3, 0.4) is 0 Å². The molecule has 1 atom stereocenters. The standard InChI is InChI=1S/C14H11NO4S2/c1-19-14(16)10-6-2-3-7-11(10)20-12-8-4-5-9-13(12)21(17,18)15-20/h2-9H,1H3/t20-/m0/s1. The molecular weight excluding hydrogens is 310 g/mol. The smallest absolute Gasteiger partial charge is 0.339 e. The highest BCUT2D eigenvalue weighted by molar-refractivity contribution is 8.03. The van der Waals surface area contributed by atoms with Crippen molar-refractivity contribution in [1.29, 1.82) is 0 Å². The Hall–Kier alpha value is -1.99. The second-order valence-electron chi connectivity index (χ2n) is 4.27. The molecule has 0 radical (unpaired) electrons. The van der Waals surface area contributed by atoms with Crippen molar-refractivity contribution >= 4 is 26.7 Å². The predicted molar refractivity (Wildman–Crippen MR) is 77.7 cm³/mol. The molecule has 3 rings (SSSR count). The third-order valence-electron chi connectivity index (χ3n) is 3.01. The Kier molecular flexibility index (Phi) is 3.38. The molecule has 0 bridgehead atoms. The normalized spacial score (nSPS) is 18.6. The Bertz CT molecular complexity index is 872. The van der Waals surface area contributed by atoms with Crippen LogP contribution >= 0.6 is 0 Å². The maximum absolute atomic E-state index is 12.1. The minimum atomic E-state index is -3.67. The summed E-state index contributed by atoms with van der Waals surface area (Å²) < 4.78 is 32.9. The van der Waals surface area contributed by atoms with Gasteiger partial charge in [0.25, 0.3) is 10.0 Å². The maximum Gasteiger partial charge on any atom is 0.339 e. The second-order valence-corrected chi connectivity index (χ2v) is 7.70. The van der Waals surface area contributed by atoms with Gasteiger partial charge in [0.2, 0.25) is 0 Å². The number of carbonyl (C=O) groups is 1. The van der Waals surface area contributed by atoms with Gasteiger partial charge in [-0.3, -0.25) is 0 Å². The lowest BCUT2D eigenvalue weighted by Crippen LogP contribution is -2.06. The first-order chi connectivity index (χ1) is 10.0. The molecule has 0 aromatic heterocycles. The van der Waals surface area contributed by atoms with Crippen LogP contribution < -0.4 is 0 Å². The van der Waals surface area contributed by atoms with E-state index in [1.54, 1.807) is 42.5 Å². The van der Waals surface area contributed by atoms with Crippen LogP contribution in [0.2, 0.25) is 0 Å². The molecule has 0 N–H and O–H groups in total. The van der Waals surface area contributed by atoms with Gasteiger partial charge in [0.15, 0.2) is 0 Å². The van der Waals surface area contributed by atoms with Crippen LogP contribution in [-0.4, -0.2) is 21.5 Å². The van der Waals surface area contributed by atoms with Crippen molar-refractivity contribution in [2.75, 3.05) is 7.11 Å². The molecule has 0 fully saturated rings. The SMILES string of the molecule is COC(=O)c1ccccc1[S@@]1=NS(=O)(=O)c2ccccc21. The number of ether oxygens (including phenoxy) is 1. The van der Waals surface area contributed by atoms with Gasteiger partial charge in [-0.2, -0.15) is 8.42 Å². The number of fused-ring (bicyclic) bond motifs is 1. The van der Waals surface area contributed by atoms with Crippen LogP contribution in [0, 0.1) is 0 Å². The number of hydrogen-bond acceptors (Lipinski definition) is 4. The Balaban J connectivity index is 2.27. The van der Waals surface area contributed by atoms with Crippen LogP contribution in [0.15, 0.2) is 67.0 Å². The Morgan fingerprint density at radius 3 is 2.38 bits per heavy atom. The summed E-state index contributed by atoms with van der Waals surface area (Å²) in [6.45, 7) is 0. The summed E-state index contributed by atoms with van der Waals surface area (Å²) in [5.41, 5.74) is 0.332. The molecule has 0 saturated carbocycles. The minimum Gasteiger partial charge on any atom is -0.465 e. The van der Waals surface area contributed by atoms with Gasteiger partial charge in [0.05, 0.1) is 12.7 Å². The minimum absolute atomic E-state index is 0.202. The lowest BCUT2D eigenvalue weighted by atomic mass is 10.2. The lowest BCUT2D eigenvalue weighted by molar-refractivity contribution is 0.0596. The van der Waals surface area contributed by atoms with Crippen molar-refractivity contribution in [1.82, 2.24) is 0 Å². The summed E-state index contributed by atoms with van der Waals surface area (Å²) in [5, 5.41) is 0. The third kappa shape index (κ3) is 2.28. The van der Waals surface area contributed by atoms with Gasteiger partial charge in [-0.25, -0.2) is 4.79 Å². The summed E-state index contributed by atoms with van der Waals surface area (Å²) in [5.74, 6) is -0.505. The number of carbonyl (C=O) groups excluding carboxylic acids is 1. The van der Waals surface area contributed by atoms with Gasteiger partial charge in [0.1, 0.15) is 4.90 Å². The van der Waals surface area contributed by atoms with Crippen molar-refractivity contribution in [2.24, 2.45) is 3.77 Å². The van der Waals surface area contributed by atoms with E-state index in [1.165, 1.54) is 13.2 Å². The molecule has 1 heterocycles. The number of benzene rings is 2. The fourth-order valence-electron chi connectivity index (χ4n) is 2.07. The van der Waals surface area contributed by atoms with Gasteiger partial charge < -0.3 is 4.74 Å². The topological polar surface area (TPSA) is 72.8 Å². The monoisotopic (exact) mass is 321 g/mol. The maximum atomic E-state index is 12.1. The van der Waals surface area contributed by atoms with Crippen molar-refractivity contribution < 1.29 is 17.9 Å². The quantitative estimate of drug-likeness (QED) is 0.796. The van der Waals surface area contributed by atoms with Gasteiger partial charge in [-0.05, 0) is 35.0 Å². The zero-order valence-electron chi connectivity index (χ0n) is 11.0. The van der Waals surface area contributed by atoms with Crippen LogP contribution in [0.5, 0.6) is 0 Å². The average Bonchev–Trinajstić information content (AvgIpc) is 2.79. The first-order valence-electron chi connectivity index (χ1n) is 6.03. The number of nitrogens with zero attached hydrogens (tertiary/aromatic N) is 1. The van der Waals surface area contributed by atoms with Crippen LogP contribution in [0.1, 0.15) is 10.4 Å². The van der Waals surface area contributed by atoms with Crippen LogP contribution in [0.25, 0.3) is 0 Å². The highest BCUT2D eigenvalue weighted by Gasteiger charge is 2.30. The number of rotatable bonds is 2. The molecule has 2 aromatic carbocycles. The third-order valence-corrected chi connectivity index (χ3v) is 6.98. The summed E-state index contributed by atoms with van der Waals surface area (Å²) in [6.07, 6.45) is 0. The zero-order valence-corrected chi connectivity index (χ0v) is 12.6. The molecule has 0 amide bonds. The molecule has 2 aromatic rings. The van der Waals surface area contributed by atoms with Crippen molar-refractivity contribution in [3.8, 4) is 0 Å². The van der Waals surface area contributed by atoms with E-state index in [9.17, 15) is 13.2 Å². The number of hydrogen-bond donors (Lipinski definition) is 0. The fourth-order valence-corrected chi connectivity index (χ4v) is 6.22. The van der Waals surface area contributed by atoms with E-state index in [0.29, 0.717) is 15.4 Å². The molecule has 7 heteroatoms.